The molecule has 0 N–H and O–H groups in total. The van der Waals surface area contributed by atoms with E-state index in [1.165, 1.54) is 10.4 Å². The summed E-state index contributed by atoms with van der Waals surface area (Å²) in [5.74, 6) is 0. The van der Waals surface area contributed by atoms with Crippen LogP contribution in [0.2, 0.25) is 0 Å². The Morgan fingerprint density at radius 3 is 2.29 bits per heavy atom. The molecule has 0 amide bonds. The maximum Gasteiger partial charge on any atom is 0.0475 e. The number of benzene rings is 1. The highest BCUT2D eigenvalue weighted by Gasteiger charge is 2.15. The molecule has 0 fully saturated rings. The van der Waals surface area contributed by atoms with Gasteiger partial charge in [-0.1, -0.05) is 36.4 Å². The first-order valence-corrected chi connectivity index (χ1v) is 6.39. The Bertz CT molecular complexity index is 411. The van der Waals surface area contributed by atoms with Gasteiger partial charge in [0.25, 0.3) is 0 Å². The normalized spacial score (nSPS) is 12.2. The molecule has 17 heavy (non-hydrogen) atoms. The predicted molar refractivity (Wildman–Crippen MR) is 78.1 cm³/mol. The number of hydrogen-bond acceptors (Lipinski definition) is 2. The lowest BCUT2D eigenvalue weighted by atomic mass is 10.0. The second-order valence-electron chi connectivity index (χ2n) is 4.18. The molecule has 1 aromatic heterocycles. The number of nitrogens with zero attached hydrogens (tertiary/aromatic N) is 1. The van der Waals surface area contributed by atoms with Crippen molar-refractivity contribution in [2.45, 2.75) is 12.5 Å². The minimum absolute atomic E-state index is 0. The molecule has 1 aromatic carbocycles. The van der Waals surface area contributed by atoms with E-state index in [-0.39, 0.29) is 12.4 Å². The topological polar surface area (TPSA) is 3.24 Å². The van der Waals surface area contributed by atoms with Gasteiger partial charge in [0, 0.05) is 10.9 Å². The van der Waals surface area contributed by atoms with Gasteiger partial charge < -0.3 is 4.90 Å². The van der Waals surface area contributed by atoms with Crippen molar-refractivity contribution < 1.29 is 0 Å². The molecular formula is C14H18ClNS. The van der Waals surface area contributed by atoms with E-state index < -0.39 is 0 Å². The fourth-order valence-electron chi connectivity index (χ4n) is 1.86. The molecule has 1 heterocycles. The summed E-state index contributed by atoms with van der Waals surface area (Å²) in [4.78, 5) is 3.73. The fourth-order valence-corrected chi connectivity index (χ4v) is 2.78. The standard InChI is InChI=1S/C14H17NS.ClH/c1-15(2)13(14-9-6-10-16-14)11-12-7-4-3-5-8-12;/h3-10,13H,11H2,1-2H3;1H. The molecule has 0 radical (unpaired) electrons. The van der Waals surface area contributed by atoms with Gasteiger partial charge >= 0.3 is 0 Å². The molecule has 1 nitrogen and oxygen atoms in total. The van der Waals surface area contributed by atoms with Gasteiger partial charge in [0.15, 0.2) is 0 Å². The summed E-state index contributed by atoms with van der Waals surface area (Å²) in [5, 5.41) is 2.15. The maximum atomic E-state index is 2.29. The van der Waals surface area contributed by atoms with Gasteiger partial charge in [-0.05, 0) is 37.5 Å². The van der Waals surface area contributed by atoms with Crippen LogP contribution in [0.4, 0.5) is 0 Å². The van der Waals surface area contributed by atoms with Crippen LogP contribution >= 0.6 is 23.7 Å². The molecule has 0 aliphatic carbocycles. The minimum Gasteiger partial charge on any atom is -0.301 e. The van der Waals surface area contributed by atoms with E-state index in [9.17, 15) is 0 Å². The van der Waals surface area contributed by atoms with Gasteiger partial charge in [0.2, 0.25) is 0 Å². The van der Waals surface area contributed by atoms with Crippen LogP contribution in [-0.4, -0.2) is 19.0 Å². The van der Waals surface area contributed by atoms with Gasteiger partial charge in [0.1, 0.15) is 0 Å². The smallest absolute Gasteiger partial charge is 0.0475 e. The zero-order valence-corrected chi connectivity index (χ0v) is 11.8. The van der Waals surface area contributed by atoms with Crippen molar-refractivity contribution in [2.24, 2.45) is 0 Å². The highest BCUT2D eigenvalue weighted by atomic mass is 35.5. The van der Waals surface area contributed by atoms with Crippen LogP contribution in [0.25, 0.3) is 0 Å². The molecule has 2 rings (SSSR count). The Balaban J connectivity index is 0.00000144. The van der Waals surface area contributed by atoms with Gasteiger partial charge in [-0.2, -0.15) is 0 Å². The summed E-state index contributed by atoms with van der Waals surface area (Å²) in [6.07, 6.45) is 1.08. The highest BCUT2D eigenvalue weighted by molar-refractivity contribution is 7.10. The Hall–Kier alpha value is -0.830. The van der Waals surface area contributed by atoms with Crippen LogP contribution in [0.1, 0.15) is 16.5 Å². The molecule has 0 saturated heterocycles. The summed E-state index contributed by atoms with van der Waals surface area (Å²) in [5.41, 5.74) is 1.40. The second-order valence-corrected chi connectivity index (χ2v) is 5.16. The first-order valence-electron chi connectivity index (χ1n) is 5.51. The Morgan fingerprint density at radius 1 is 1.06 bits per heavy atom. The molecular weight excluding hydrogens is 250 g/mol. The van der Waals surface area contributed by atoms with Crippen LogP contribution < -0.4 is 0 Å². The average Bonchev–Trinajstić information content (AvgIpc) is 2.80. The molecule has 0 aliphatic heterocycles. The van der Waals surface area contributed by atoms with E-state index in [2.05, 4.69) is 66.8 Å². The number of thiophene rings is 1. The molecule has 3 heteroatoms. The number of rotatable bonds is 4. The lowest BCUT2D eigenvalue weighted by molar-refractivity contribution is 0.302. The summed E-state index contributed by atoms with van der Waals surface area (Å²) in [6, 6.07) is 15.5. The molecule has 0 saturated carbocycles. The van der Waals surface area contributed by atoms with Gasteiger partial charge in [-0.25, -0.2) is 0 Å². The Kier molecular flexibility index (Phi) is 5.69. The summed E-state index contributed by atoms with van der Waals surface area (Å²) in [7, 11) is 4.29. The van der Waals surface area contributed by atoms with E-state index >= 15 is 0 Å². The number of likely N-dealkylation sites (N-methyl/N-ethyl adjacent to an activating group) is 1. The summed E-state index contributed by atoms with van der Waals surface area (Å²) in [6.45, 7) is 0. The van der Waals surface area contributed by atoms with E-state index in [0.717, 1.165) is 6.42 Å². The van der Waals surface area contributed by atoms with Crippen molar-refractivity contribution in [1.29, 1.82) is 0 Å². The van der Waals surface area contributed by atoms with Crippen LogP contribution in [0.3, 0.4) is 0 Å². The second kappa shape index (κ2) is 6.80. The average molecular weight is 268 g/mol. The molecule has 92 valence electrons. The van der Waals surface area contributed by atoms with Crippen molar-refractivity contribution >= 4 is 23.7 Å². The quantitative estimate of drug-likeness (QED) is 0.809. The molecule has 1 unspecified atom stereocenters. The summed E-state index contributed by atoms with van der Waals surface area (Å²) < 4.78 is 0. The lowest BCUT2D eigenvalue weighted by Crippen LogP contribution is -2.21. The maximum absolute atomic E-state index is 2.29. The first-order chi connectivity index (χ1) is 7.77. The number of halogens is 1. The molecule has 0 bridgehead atoms. The third-order valence-corrected chi connectivity index (χ3v) is 3.74. The van der Waals surface area contributed by atoms with E-state index in [4.69, 9.17) is 0 Å². The van der Waals surface area contributed by atoms with Crippen molar-refractivity contribution in [3.63, 3.8) is 0 Å². The third-order valence-electron chi connectivity index (χ3n) is 2.77. The van der Waals surface area contributed by atoms with Crippen molar-refractivity contribution in [3.05, 3.63) is 58.3 Å². The third kappa shape index (κ3) is 3.84. The van der Waals surface area contributed by atoms with Crippen LogP contribution in [0.15, 0.2) is 47.8 Å². The van der Waals surface area contributed by atoms with Crippen molar-refractivity contribution in [1.82, 2.24) is 4.90 Å². The van der Waals surface area contributed by atoms with Gasteiger partial charge in [-0.3, -0.25) is 0 Å². The van der Waals surface area contributed by atoms with Gasteiger partial charge in [-0.15, -0.1) is 23.7 Å². The number of hydrogen-bond donors (Lipinski definition) is 0. The van der Waals surface area contributed by atoms with E-state index in [1.54, 1.807) is 0 Å². The van der Waals surface area contributed by atoms with Crippen molar-refractivity contribution in [2.75, 3.05) is 14.1 Å². The SMILES string of the molecule is CN(C)C(Cc1ccccc1)c1cccs1.Cl. The van der Waals surface area contributed by atoms with Gasteiger partial charge in [0.05, 0.1) is 0 Å². The lowest BCUT2D eigenvalue weighted by Gasteiger charge is -2.23. The predicted octanol–water partition coefficient (Wildman–Crippen LogP) is 4.02. The largest absolute Gasteiger partial charge is 0.301 e. The highest BCUT2D eigenvalue weighted by Crippen LogP contribution is 2.26. The zero-order chi connectivity index (χ0) is 11.4. The fraction of sp³-hybridized carbons (Fsp3) is 0.286. The molecule has 0 spiro atoms. The Morgan fingerprint density at radius 2 is 1.76 bits per heavy atom. The molecule has 1 atom stereocenters. The zero-order valence-electron chi connectivity index (χ0n) is 10.2. The van der Waals surface area contributed by atoms with E-state index in [1.807, 2.05) is 11.3 Å². The minimum atomic E-state index is 0. The first kappa shape index (κ1) is 14.2. The van der Waals surface area contributed by atoms with Crippen molar-refractivity contribution in [3.8, 4) is 0 Å². The monoisotopic (exact) mass is 267 g/mol. The Labute approximate surface area is 114 Å². The van der Waals surface area contributed by atoms with Crippen LogP contribution in [-0.2, 0) is 6.42 Å². The summed E-state index contributed by atoms with van der Waals surface area (Å²) >= 11 is 1.84. The van der Waals surface area contributed by atoms with Crippen LogP contribution in [0.5, 0.6) is 0 Å². The van der Waals surface area contributed by atoms with Crippen LogP contribution in [0, 0.1) is 0 Å². The molecule has 2 aromatic rings. The van der Waals surface area contributed by atoms with E-state index in [0.29, 0.717) is 6.04 Å². The molecule has 0 aliphatic rings.